The Morgan fingerprint density at radius 1 is 0.614 bits per heavy atom. The number of furan rings is 1. The van der Waals surface area contributed by atoms with Crippen LogP contribution in [0.1, 0.15) is 23.6 Å². The van der Waals surface area contributed by atoms with E-state index in [0.29, 0.717) is 5.70 Å². The van der Waals surface area contributed by atoms with Gasteiger partial charge in [0.15, 0.2) is 0 Å². The highest BCUT2D eigenvalue weighted by molar-refractivity contribution is 6.25. The lowest BCUT2D eigenvalue weighted by Gasteiger charge is -2.09. The van der Waals surface area contributed by atoms with Gasteiger partial charge in [-0.05, 0) is 58.5 Å². The predicted molar refractivity (Wildman–Crippen MR) is 187 cm³/mol. The van der Waals surface area contributed by atoms with E-state index in [1.165, 1.54) is 11.1 Å². The van der Waals surface area contributed by atoms with Crippen LogP contribution < -0.4 is 0 Å². The zero-order chi connectivity index (χ0) is 29.9. The molecule has 0 amide bonds. The van der Waals surface area contributed by atoms with Crippen LogP contribution in [0.5, 0.6) is 0 Å². The highest BCUT2D eigenvalue weighted by Crippen LogP contribution is 2.39. The monoisotopic (exact) mass is 565 g/mol. The number of fused-ring (bicyclic) bond motifs is 3. The first-order chi connectivity index (χ1) is 21.7. The number of allylic oxidation sites excluding steroid dienone is 2. The van der Waals surface area contributed by atoms with Gasteiger partial charge in [-0.25, -0.2) is 4.99 Å². The van der Waals surface area contributed by atoms with Crippen LogP contribution in [-0.2, 0) is 0 Å². The quantitative estimate of drug-likeness (QED) is 0.177. The molecule has 0 radical (unpaired) electrons. The average molecular weight is 566 g/mol. The fourth-order valence-electron chi connectivity index (χ4n) is 5.79. The van der Waals surface area contributed by atoms with Crippen molar-refractivity contribution in [1.29, 1.82) is 0 Å². The molecule has 0 saturated carbocycles. The number of hydrogen-bond donors (Lipinski definition) is 0. The molecule has 2 nitrogen and oxygen atoms in total. The summed E-state index contributed by atoms with van der Waals surface area (Å²) in [7, 11) is 0. The Morgan fingerprint density at radius 3 is 1.98 bits per heavy atom. The van der Waals surface area contributed by atoms with Gasteiger partial charge >= 0.3 is 0 Å². The van der Waals surface area contributed by atoms with Gasteiger partial charge in [0.25, 0.3) is 0 Å². The van der Waals surface area contributed by atoms with Crippen molar-refractivity contribution in [3.8, 4) is 22.3 Å². The molecule has 0 spiro atoms. The van der Waals surface area contributed by atoms with Gasteiger partial charge in [-0.1, -0.05) is 146 Å². The minimum Gasteiger partial charge on any atom is -0.455 e. The molecule has 0 saturated heterocycles. The molecule has 0 aliphatic rings. The van der Waals surface area contributed by atoms with E-state index in [1.807, 2.05) is 54.6 Å². The molecule has 44 heavy (non-hydrogen) atoms. The first kappa shape index (κ1) is 27.1. The Kier molecular flexibility index (Phi) is 7.32. The Hall–Kier alpha value is -5.73. The second kappa shape index (κ2) is 11.9. The summed E-state index contributed by atoms with van der Waals surface area (Å²) in [5, 5.41) is 2.10. The Bertz CT molecular complexity index is 2170. The fraction of sp³-hybridized carbons (Fsp3) is 0.0238. The summed E-state index contributed by atoms with van der Waals surface area (Å²) in [6.07, 6.45) is 2.16. The third kappa shape index (κ3) is 5.30. The van der Waals surface area contributed by atoms with Crippen molar-refractivity contribution < 1.29 is 4.42 Å². The van der Waals surface area contributed by atoms with E-state index in [1.54, 1.807) is 0 Å². The highest BCUT2D eigenvalue weighted by Gasteiger charge is 2.18. The Morgan fingerprint density at radius 2 is 1.23 bits per heavy atom. The Balaban J connectivity index is 1.42. The molecule has 2 heteroatoms. The van der Waals surface area contributed by atoms with Gasteiger partial charge in [0, 0.05) is 21.9 Å². The number of rotatable bonds is 7. The van der Waals surface area contributed by atoms with E-state index in [9.17, 15) is 0 Å². The van der Waals surface area contributed by atoms with Gasteiger partial charge in [0.1, 0.15) is 11.2 Å². The summed E-state index contributed by atoms with van der Waals surface area (Å²) in [5.41, 5.74) is 12.0. The van der Waals surface area contributed by atoms with E-state index in [-0.39, 0.29) is 0 Å². The lowest BCUT2D eigenvalue weighted by molar-refractivity contribution is 0.670. The predicted octanol–water partition coefficient (Wildman–Crippen LogP) is 11.5. The van der Waals surface area contributed by atoms with Crippen LogP contribution in [0.2, 0.25) is 0 Å². The molecule has 210 valence electrons. The number of nitrogens with zero attached hydrogens (tertiary/aromatic N) is 1. The van der Waals surface area contributed by atoms with E-state index < -0.39 is 0 Å². The van der Waals surface area contributed by atoms with E-state index in [0.717, 1.165) is 61.0 Å². The fourth-order valence-corrected chi connectivity index (χ4v) is 5.79. The molecule has 7 aromatic rings. The van der Waals surface area contributed by atoms with E-state index >= 15 is 0 Å². The molecule has 0 aliphatic heterocycles. The van der Waals surface area contributed by atoms with Crippen molar-refractivity contribution in [3.05, 3.63) is 181 Å². The second-order valence-corrected chi connectivity index (χ2v) is 10.9. The summed E-state index contributed by atoms with van der Waals surface area (Å²) >= 11 is 0. The van der Waals surface area contributed by atoms with Gasteiger partial charge in [-0.3, -0.25) is 0 Å². The van der Waals surface area contributed by atoms with Crippen molar-refractivity contribution in [3.63, 3.8) is 0 Å². The first-order valence-electron chi connectivity index (χ1n) is 14.8. The summed E-state index contributed by atoms with van der Waals surface area (Å²) < 4.78 is 6.66. The molecule has 0 atom stereocenters. The van der Waals surface area contributed by atoms with Gasteiger partial charge in [0.2, 0.25) is 0 Å². The van der Waals surface area contributed by atoms with Crippen LogP contribution in [0.3, 0.4) is 0 Å². The molecule has 0 bridgehead atoms. The average Bonchev–Trinajstić information content (AvgIpc) is 3.48. The first-order valence-corrected chi connectivity index (χ1v) is 14.8. The smallest absolute Gasteiger partial charge is 0.143 e. The van der Waals surface area contributed by atoms with Crippen LogP contribution in [0, 0.1) is 0 Å². The maximum absolute atomic E-state index is 6.66. The van der Waals surface area contributed by atoms with Crippen molar-refractivity contribution in [1.82, 2.24) is 0 Å². The standard InChI is InChI=1S/C42H31NO/c1-29(31-15-6-3-7-16-31)27-39(43-30(2)32-17-8-4-9-18-32)37-24-14-26-40-41(37)38-25-13-23-36(42(38)44-40)35-22-12-21-34(28-35)33-19-10-5-11-20-33/h3-28H,2H2,1H3/b29-27+,43-39+. The van der Waals surface area contributed by atoms with Crippen LogP contribution >= 0.6 is 0 Å². The largest absolute Gasteiger partial charge is 0.455 e. The lowest BCUT2D eigenvalue weighted by atomic mass is 9.95. The van der Waals surface area contributed by atoms with Crippen LogP contribution in [0.25, 0.3) is 55.5 Å². The highest BCUT2D eigenvalue weighted by atomic mass is 16.3. The second-order valence-electron chi connectivity index (χ2n) is 10.9. The van der Waals surface area contributed by atoms with Gasteiger partial charge in [-0.15, -0.1) is 0 Å². The molecule has 0 N–H and O–H groups in total. The zero-order valence-electron chi connectivity index (χ0n) is 24.6. The molecule has 1 aromatic heterocycles. The summed E-state index contributed by atoms with van der Waals surface area (Å²) in [4.78, 5) is 5.15. The van der Waals surface area contributed by atoms with Crippen LogP contribution in [-0.4, -0.2) is 5.71 Å². The van der Waals surface area contributed by atoms with Gasteiger partial charge < -0.3 is 4.42 Å². The molecule has 0 fully saturated rings. The lowest BCUT2D eigenvalue weighted by Crippen LogP contribution is -2.00. The number of para-hydroxylation sites is 1. The van der Waals surface area contributed by atoms with Crippen molar-refractivity contribution in [2.24, 2.45) is 4.99 Å². The minimum atomic E-state index is 0.709. The normalized spacial score (nSPS) is 12.1. The van der Waals surface area contributed by atoms with E-state index in [2.05, 4.69) is 117 Å². The minimum absolute atomic E-state index is 0.709. The maximum atomic E-state index is 6.66. The summed E-state index contributed by atoms with van der Waals surface area (Å²) in [6.45, 7) is 6.47. The number of aliphatic imine (C=N–C) groups is 1. The molecule has 1 heterocycles. The SMILES string of the molecule is C=C(/N=C(\C=C(/C)c1ccccc1)c1cccc2oc3c(-c4cccc(-c5ccccc5)c4)cccc3c12)c1ccccc1. The van der Waals surface area contributed by atoms with Crippen LogP contribution in [0.15, 0.2) is 174 Å². The van der Waals surface area contributed by atoms with Crippen molar-refractivity contribution >= 4 is 38.9 Å². The van der Waals surface area contributed by atoms with Gasteiger partial charge in [-0.2, -0.15) is 0 Å². The molecule has 0 aliphatic carbocycles. The molecule has 0 unspecified atom stereocenters. The Labute approximate surface area is 258 Å². The number of benzene rings is 6. The summed E-state index contributed by atoms with van der Waals surface area (Å²) in [5.74, 6) is 0. The van der Waals surface area contributed by atoms with Crippen molar-refractivity contribution in [2.45, 2.75) is 6.92 Å². The third-order valence-corrected chi connectivity index (χ3v) is 8.02. The number of hydrogen-bond acceptors (Lipinski definition) is 2. The topological polar surface area (TPSA) is 25.5 Å². The maximum Gasteiger partial charge on any atom is 0.143 e. The molecule has 7 rings (SSSR count). The molecular weight excluding hydrogens is 534 g/mol. The summed E-state index contributed by atoms with van der Waals surface area (Å²) in [6, 6.07) is 52.3. The van der Waals surface area contributed by atoms with Gasteiger partial charge in [0.05, 0.1) is 11.4 Å². The molecule has 6 aromatic carbocycles. The van der Waals surface area contributed by atoms with Crippen molar-refractivity contribution in [2.75, 3.05) is 0 Å². The van der Waals surface area contributed by atoms with E-state index in [4.69, 9.17) is 9.41 Å². The third-order valence-electron chi connectivity index (χ3n) is 8.02. The molecular formula is C42H31NO. The van der Waals surface area contributed by atoms with Crippen LogP contribution in [0.4, 0.5) is 0 Å². The zero-order valence-corrected chi connectivity index (χ0v) is 24.6.